The van der Waals surface area contributed by atoms with Crippen molar-refractivity contribution in [1.29, 1.82) is 0 Å². The minimum absolute atomic E-state index is 0.0149. The van der Waals surface area contributed by atoms with E-state index in [4.69, 9.17) is 10.2 Å². The molecular formula is C31H24N4OS. The van der Waals surface area contributed by atoms with Crippen LogP contribution in [0.5, 0.6) is 0 Å². The quantitative estimate of drug-likeness (QED) is 0.250. The Morgan fingerprint density at radius 2 is 1.24 bits per heavy atom. The van der Waals surface area contributed by atoms with E-state index in [1.54, 1.807) is 0 Å². The molecule has 4 aromatic carbocycles. The molecule has 1 fully saturated rings. The Morgan fingerprint density at radius 3 is 1.89 bits per heavy atom. The molecule has 0 radical (unpaired) electrons. The summed E-state index contributed by atoms with van der Waals surface area (Å²) in [7, 11) is 0. The highest BCUT2D eigenvalue weighted by atomic mass is 32.1. The molecule has 0 N–H and O–H groups in total. The smallest absolute Gasteiger partial charge is 0.233 e. The summed E-state index contributed by atoms with van der Waals surface area (Å²) in [5.74, 6) is 0.0149. The summed E-state index contributed by atoms with van der Waals surface area (Å²) in [5.41, 5.74) is 5.75. The van der Waals surface area contributed by atoms with Crippen LogP contribution in [-0.4, -0.2) is 16.2 Å². The highest BCUT2D eigenvalue weighted by molar-refractivity contribution is 7.07. The number of thiazole rings is 1. The first-order valence-corrected chi connectivity index (χ1v) is 13.0. The number of hydrogen-bond donors (Lipinski definition) is 0. The Morgan fingerprint density at radius 1 is 0.676 bits per heavy atom. The zero-order valence-electron chi connectivity index (χ0n) is 20.0. The van der Waals surface area contributed by atoms with Crippen LogP contribution in [0, 0.1) is 0 Å². The molecule has 180 valence electrons. The largest absolute Gasteiger partial charge is 0.299 e. The molecule has 6 rings (SSSR count). The van der Waals surface area contributed by atoms with Crippen molar-refractivity contribution in [2.45, 2.75) is 12.5 Å². The van der Waals surface area contributed by atoms with Gasteiger partial charge in [0.15, 0.2) is 0 Å². The Bertz CT molecular complexity index is 1610. The van der Waals surface area contributed by atoms with Crippen LogP contribution in [0.15, 0.2) is 137 Å². The van der Waals surface area contributed by atoms with E-state index in [1.807, 2.05) is 102 Å². The van der Waals surface area contributed by atoms with E-state index in [9.17, 15) is 4.79 Å². The van der Waals surface area contributed by atoms with E-state index in [-0.39, 0.29) is 18.4 Å². The van der Waals surface area contributed by atoms with Crippen molar-refractivity contribution in [1.82, 2.24) is 4.57 Å². The number of carbonyl (C=O) groups is 1. The lowest BCUT2D eigenvalue weighted by molar-refractivity contribution is -0.116. The molecule has 0 saturated carbocycles. The van der Waals surface area contributed by atoms with E-state index in [0.717, 1.165) is 38.7 Å². The Kier molecular flexibility index (Phi) is 6.31. The summed E-state index contributed by atoms with van der Waals surface area (Å²) in [5, 5.41) is 11.6. The highest BCUT2D eigenvalue weighted by Gasteiger charge is 2.39. The van der Waals surface area contributed by atoms with E-state index >= 15 is 0 Å². The predicted molar refractivity (Wildman–Crippen MR) is 150 cm³/mol. The molecule has 1 atom stereocenters. The SMILES string of the molecule is O=C1C/C(=N\N=c2\scc(-c3ccccc3)n2-c2ccccc2)C(c2ccccc2)N1c1ccccc1. The number of amides is 1. The monoisotopic (exact) mass is 500 g/mol. The fourth-order valence-electron chi connectivity index (χ4n) is 4.70. The molecule has 0 bridgehead atoms. The molecule has 5 aromatic rings. The van der Waals surface area contributed by atoms with Crippen LogP contribution in [0.25, 0.3) is 16.9 Å². The second kappa shape index (κ2) is 10.2. The van der Waals surface area contributed by atoms with Gasteiger partial charge in [0.2, 0.25) is 10.7 Å². The third kappa shape index (κ3) is 4.55. The first-order chi connectivity index (χ1) is 18.3. The summed E-state index contributed by atoms with van der Waals surface area (Å²) < 4.78 is 2.12. The minimum Gasteiger partial charge on any atom is -0.299 e. The van der Waals surface area contributed by atoms with Crippen molar-refractivity contribution in [2.24, 2.45) is 10.2 Å². The third-order valence-corrected chi connectivity index (χ3v) is 7.20. The molecule has 37 heavy (non-hydrogen) atoms. The number of para-hydroxylation sites is 2. The van der Waals surface area contributed by atoms with E-state index in [2.05, 4.69) is 34.2 Å². The maximum Gasteiger partial charge on any atom is 0.233 e. The maximum atomic E-state index is 13.3. The molecule has 1 aromatic heterocycles. The number of aromatic nitrogens is 1. The zero-order chi connectivity index (χ0) is 25.0. The molecule has 5 nitrogen and oxygen atoms in total. The first kappa shape index (κ1) is 22.9. The van der Waals surface area contributed by atoms with Crippen molar-refractivity contribution in [3.8, 4) is 16.9 Å². The molecular weight excluding hydrogens is 476 g/mol. The number of benzene rings is 4. The van der Waals surface area contributed by atoms with Gasteiger partial charge in [0.05, 0.1) is 17.8 Å². The fraction of sp³-hybridized carbons (Fsp3) is 0.0645. The van der Waals surface area contributed by atoms with Gasteiger partial charge in [0, 0.05) is 16.8 Å². The van der Waals surface area contributed by atoms with Crippen molar-refractivity contribution < 1.29 is 4.79 Å². The van der Waals surface area contributed by atoms with Crippen molar-refractivity contribution in [3.05, 3.63) is 137 Å². The van der Waals surface area contributed by atoms with Gasteiger partial charge >= 0.3 is 0 Å². The molecule has 1 aliphatic rings. The van der Waals surface area contributed by atoms with Crippen LogP contribution < -0.4 is 9.70 Å². The van der Waals surface area contributed by atoms with Gasteiger partial charge in [-0.1, -0.05) is 97.1 Å². The second-order valence-corrected chi connectivity index (χ2v) is 9.56. The fourth-order valence-corrected chi connectivity index (χ4v) is 5.56. The summed E-state index contributed by atoms with van der Waals surface area (Å²) >= 11 is 1.53. The van der Waals surface area contributed by atoms with Crippen LogP contribution >= 0.6 is 11.3 Å². The summed E-state index contributed by atoms with van der Waals surface area (Å²) in [6.45, 7) is 0. The van der Waals surface area contributed by atoms with Gasteiger partial charge in [0.25, 0.3) is 0 Å². The maximum absolute atomic E-state index is 13.3. The van der Waals surface area contributed by atoms with Gasteiger partial charge in [-0.15, -0.1) is 16.4 Å². The summed E-state index contributed by atoms with van der Waals surface area (Å²) in [4.78, 5) is 15.8. The summed E-state index contributed by atoms with van der Waals surface area (Å²) in [6.07, 6.45) is 0.222. The standard InChI is InChI=1S/C31H24N4OS/c36-29-21-27(30(24-15-7-2-8-16-24)35(29)26-19-11-4-12-20-26)32-33-31-34(25-17-9-3-10-18-25)28(22-37-31)23-13-5-1-6-14-23/h1-20,22,30H,21H2/b32-27+,33-31+. The van der Waals surface area contributed by atoms with Gasteiger partial charge < -0.3 is 0 Å². The average molecular weight is 501 g/mol. The van der Waals surface area contributed by atoms with Crippen LogP contribution in [0.1, 0.15) is 18.0 Å². The van der Waals surface area contributed by atoms with Crippen molar-refractivity contribution in [3.63, 3.8) is 0 Å². The topological polar surface area (TPSA) is 50.0 Å². The van der Waals surface area contributed by atoms with Crippen LogP contribution in [0.4, 0.5) is 5.69 Å². The van der Waals surface area contributed by atoms with Gasteiger partial charge in [-0.2, -0.15) is 5.10 Å². The van der Waals surface area contributed by atoms with Crippen molar-refractivity contribution >= 4 is 28.6 Å². The van der Waals surface area contributed by atoms with Crippen molar-refractivity contribution in [2.75, 3.05) is 4.90 Å². The molecule has 1 amide bonds. The van der Waals surface area contributed by atoms with E-state index < -0.39 is 0 Å². The molecule has 0 aliphatic carbocycles. The zero-order valence-corrected chi connectivity index (χ0v) is 20.8. The number of carbonyl (C=O) groups excluding carboxylic acids is 1. The molecule has 2 heterocycles. The highest BCUT2D eigenvalue weighted by Crippen LogP contribution is 2.35. The Hall–Kier alpha value is -4.55. The lowest BCUT2D eigenvalue weighted by atomic mass is 10.0. The lowest BCUT2D eigenvalue weighted by Crippen LogP contribution is -2.28. The number of nitrogens with zero attached hydrogens (tertiary/aromatic N) is 4. The second-order valence-electron chi connectivity index (χ2n) is 8.72. The van der Waals surface area contributed by atoms with Gasteiger partial charge in [-0.3, -0.25) is 14.3 Å². The van der Waals surface area contributed by atoms with E-state index in [0.29, 0.717) is 0 Å². The summed E-state index contributed by atoms with van der Waals surface area (Å²) in [6, 6.07) is 39.9. The van der Waals surface area contributed by atoms with Gasteiger partial charge in [-0.25, -0.2) is 0 Å². The average Bonchev–Trinajstić information content (AvgIpc) is 3.54. The number of anilines is 1. The van der Waals surface area contributed by atoms with E-state index in [1.165, 1.54) is 11.3 Å². The normalized spacial score (nSPS) is 17.0. The lowest BCUT2D eigenvalue weighted by Gasteiger charge is -2.25. The molecule has 1 unspecified atom stereocenters. The molecule has 0 spiro atoms. The van der Waals surface area contributed by atoms with Gasteiger partial charge in [0.1, 0.15) is 6.04 Å². The third-order valence-electron chi connectivity index (χ3n) is 6.38. The Labute approximate surface area is 219 Å². The molecule has 1 saturated heterocycles. The Balaban J connectivity index is 1.49. The molecule has 1 aliphatic heterocycles. The minimum atomic E-state index is -0.307. The molecule has 6 heteroatoms. The predicted octanol–water partition coefficient (Wildman–Crippen LogP) is 6.64. The number of hydrogen-bond acceptors (Lipinski definition) is 4. The number of rotatable bonds is 5. The van der Waals surface area contributed by atoms with Crippen LogP contribution in [0.3, 0.4) is 0 Å². The first-order valence-electron chi connectivity index (χ1n) is 12.1. The van der Waals surface area contributed by atoms with Crippen LogP contribution in [0.2, 0.25) is 0 Å². The van der Waals surface area contributed by atoms with Gasteiger partial charge in [-0.05, 0) is 35.4 Å². The van der Waals surface area contributed by atoms with Crippen LogP contribution in [-0.2, 0) is 4.79 Å².